The summed E-state index contributed by atoms with van der Waals surface area (Å²) in [6.45, 7) is 2.64. The van der Waals surface area contributed by atoms with Gasteiger partial charge in [0.05, 0.1) is 12.1 Å². The lowest BCUT2D eigenvalue weighted by Crippen LogP contribution is -2.18. The molecule has 0 amide bonds. The largest absolute Gasteiger partial charge is 0.478 e. The number of fused-ring (bicyclic) bond motifs is 1. The number of aromatic amines is 1. The van der Waals surface area contributed by atoms with E-state index in [-0.39, 0.29) is 11.4 Å². The number of unbranched alkanes of at least 4 members (excludes halogenated alkanes) is 9. The van der Waals surface area contributed by atoms with Crippen LogP contribution in [0.1, 0.15) is 81.5 Å². The number of aromatic nitrogens is 1. The quantitative estimate of drug-likeness (QED) is 0.453. The summed E-state index contributed by atoms with van der Waals surface area (Å²) >= 11 is 0. The third kappa shape index (κ3) is 6.42. The topological polar surface area (TPSA) is 79.4 Å². The van der Waals surface area contributed by atoms with E-state index in [1.165, 1.54) is 44.9 Å². The summed E-state index contributed by atoms with van der Waals surface area (Å²) in [6.07, 6.45) is 12.2. The van der Waals surface area contributed by atoms with E-state index in [0.29, 0.717) is 17.5 Å². The molecule has 0 radical (unpaired) electrons. The Morgan fingerprint density at radius 2 is 1.56 bits per heavy atom. The Hall–Kier alpha value is -2.30. The van der Waals surface area contributed by atoms with E-state index in [9.17, 15) is 14.7 Å². The molecule has 0 atom stereocenters. The zero-order valence-corrected chi connectivity index (χ0v) is 16.3. The van der Waals surface area contributed by atoms with Crippen LogP contribution in [0.2, 0.25) is 0 Å². The number of aromatic carboxylic acids is 1. The van der Waals surface area contributed by atoms with E-state index in [1.54, 1.807) is 24.3 Å². The summed E-state index contributed by atoms with van der Waals surface area (Å²) in [6, 6.07) is 6.88. The molecule has 1 aromatic heterocycles. The molecule has 1 aromatic carbocycles. The molecule has 2 N–H and O–H groups in total. The molecule has 5 nitrogen and oxygen atoms in total. The van der Waals surface area contributed by atoms with Crippen molar-refractivity contribution in [2.75, 3.05) is 6.61 Å². The second-order valence-electron chi connectivity index (χ2n) is 7.04. The predicted molar refractivity (Wildman–Crippen MR) is 109 cm³/mol. The second-order valence-corrected chi connectivity index (χ2v) is 7.04. The zero-order chi connectivity index (χ0) is 19.5. The Kier molecular flexibility index (Phi) is 8.89. The van der Waals surface area contributed by atoms with Gasteiger partial charge in [0, 0.05) is 5.39 Å². The number of nitrogens with one attached hydrogen (secondary N) is 1. The molecule has 0 unspecified atom stereocenters. The number of ether oxygens (including phenoxy) is 1. The van der Waals surface area contributed by atoms with Crippen LogP contribution in [-0.2, 0) is 0 Å². The third-order valence-electron chi connectivity index (χ3n) is 4.83. The highest BCUT2D eigenvalue weighted by Gasteiger charge is 2.19. The fourth-order valence-electron chi connectivity index (χ4n) is 3.28. The first kappa shape index (κ1) is 21.0. The van der Waals surface area contributed by atoms with Gasteiger partial charge in [-0.05, 0) is 18.6 Å². The number of carbonyl (C=O) groups is 1. The van der Waals surface area contributed by atoms with E-state index >= 15 is 0 Å². The van der Waals surface area contributed by atoms with Crippen LogP contribution < -0.4 is 10.2 Å². The maximum Gasteiger partial charge on any atom is 0.345 e. The number of pyridine rings is 1. The molecule has 0 aliphatic heterocycles. The predicted octanol–water partition coefficient (Wildman–Crippen LogP) is 5.53. The Bertz CT molecular complexity index is 781. The number of H-pyrrole nitrogens is 1. The van der Waals surface area contributed by atoms with Crippen LogP contribution in [-0.4, -0.2) is 22.7 Å². The minimum Gasteiger partial charge on any atom is -0.478 e. The number of benzene rings is 1. The van der Waals surface area contributed by atoms with Gasteiger partial charge in [0.25, 0.3) is 0 Å². The van der Waals surface area contributed by atoms with Crippen LogP contribution in [0.3, 0.4) is 0 Å². The van der Waals surface area contributed by atoms with Gasteiger partial charge in [-0.15, -0.1) is 0 Å². The molecule has 0 bridgehead atoms. The molecular formula is C22H31NO4. The number of hydrogen-bond donors (Lipinski definition) is 2. The number of hydrogen-bond acceptors (Lipinski definition) is 3. The maximum atomic E-state index is 12.4. The van der Waals surface area contributed by atoms with Crippen molar-refractivity contribution < 1.29 is 14.6 Å². The number of rotatable bonds is 13. The minimum atomic E-state index is -1.26. The van der Waals surface area contributed by atoms with Crippen molar-refractivity contribution in [3.8, 4) is 5.88 Å². The normalized spacial score (nSPS) is 11.0. The number of carboxylic acid groups (broad SMARTS) is 1. The molecule has 0 saturated carbocycles. The highest BCUT2D eigenvalue weighted by molar-refractivity contribution is 5.95. The lowest BCUT2D eigenvalue weighted by molar-refractivity contribution is 0.0690. The van der Waals surface area contributed by atoms with Gasteiger partial charge in [0.2, 0.25) is 11.3 Å². The molecule has 1 heterocycles. The van der Waals surface area contributed by atoms with Crippen molar-refractivity contribution >= 4 is 16.9 Å². The van der Waals surface area contributed by atoms with Crippen molar-refractivity contribution in [3.05, 3.63) is 40.1 Å². The smallest absolute Gasteiger partial charge is 0.345 e. The Labute approximate surface area is 160 Å². The third-order valence-corrected chi connectivity index (χ3v) is 4.83. The zero-order valence-electron chi connectivity index (χ0n) is 16.3. The highest BCUT2D eigenvalue weighted by Crippen LogP contribution is 2.18. The molecule has 148 valence electrons. The first-order chi connectivity index (χ1) is 13.1. The summed E-state index contributed by atoms with van der Waals surface area (Å²) < 4.78 is 5.62. The van der Waals surface area contributed by atoms with Gasteiger partial charge >= 0.3 is 5.97 Å². The average Bonchev–Trinajstić information content (AvgIpc) is 2.66. The Morgan fingerprint density at radius 3 is 2.19 bits per heavy atom. The van der Waals surface area contributed by atoms with Crippen LogP contribution in [0.25, 0.3) is 10.9 Å². The molecule has 0 saturated heterocycles. The van der Waals surface area contributed by atoms with Gasteiger partial charge < -0.3 is 14.8 Å². The van der Waals surface area contributed by atoms with Gasteiger partial charge in [0.1, 0.15) is 0 Å². The van der Waals surface area contributed by atoms with Gasteiger partial charge in [0.15, 0.2) is 5.56 Å². The van der Waals surface area contributed by atoms with Gasteiger partial charge in [-0.25, -0.2) is 4.79 Å². The number of carboxylic acids is 1. The summed E-state index contributed by atoms with van der Waals surface area (Å²) in [7, 11) is 0. The fourth-order valence-corrected chi connectivity index (χ4v) is 3.28. The van der Waals surface area contributed by atoms with E-state index in [0.717, 1.165) is 19.3 Å². The number of para-hydroxylation sites is 1. The first-order valence-corrected chi connectivity index (χ1v) is 10.2. The minimum absolute atomic E-state index is 0.0575. The summed E-state index contributed by atoms with van der Waals surface area (Å²) in [4.78, 5) is 26.8. The van der Waals surface area contributed by atoms with Crippen LogP contribution in [0.5, 0.6) is 5.88 Å². The Morgan fingerprint density at radius 1 is 0.963 bits per heavy atom. The maximum absolute atomic E-state index is 12.4. The molecule has 5 heteroatoms. The summed E-state index contributed by atoms with van der Waals surface area (Å²) in [5, 5.41) is 9.75. The molecule has 0 aliphatic carbocycles. The van der Waals surface area contributed by atoms with Crippen LogP contribution >= 0.6 is 0 Å². The second kappa shape index (κ2) is 11.4. The van der Waals surface area contributed by atoms with E-state index < -0.39 is 11.4 Å². The molecule has 2 rings (SSSR count). The van der Waals surface area contributed by atoms with Crippen LogP contribution in [0.15, 0.2) is 29.1 Å². The van der Waals surface area contributed by atoms with Crippen LogP contribution in [0, 0.1) is 0 Å². The van der Waals surface area contributed by atoms with E-state index in [2.05, 4.69) is 11.9 Å². The van der Waals surface area contributed by atoms with Crippen molar-refractivity contribution in [2.45, 2.75) is 71.1 Å². The van der Waals surface area contributed by atoms with Crippen molar-refractivity contribution in [1.82, 2.24) is 4.98 Å². The molecular weight excluding hydrogens is 342 g/mol. The lowest BCUT2D eigenvalue weighted by atomic mass is 10.1. The van der Waals surface area contributed by atoms with Crippen molar-refractivity contribution in [1.29, 1.82) is 0 Å². The standard InChI is InChI=1S/C22H31NO4/c1-2-3-4-5-6-7-8-9-10-13-16-27-21-19(22(25)26)20(24)17-14-11-12-15-18(17)23-21/h11-12,14-15H,2-10,13,16H2,1H3,(H,23,24)(H,25,26). The monoisotopic (exact) mass is 373 g/mol. The molecule has 0 fully saturated rings. The lowest BCUT2D eigenvalue weighted by Gasteiger charge is -2.10. The SMILES string of the molecule is CCCCCCCCCCCCOc1[nH]c2ccccc2c(=O)c1C(=O)O. The van der Waals surface area contributed by atoms with E-state index in [1.807, 2.05) is 0 Å². The van der Waals surface area contributed by atoms with Crippen molar-refractivity contribution in [3.63, 3.8) is 0 Å². The van der Waals surface area contributed by atoms with Gasteiger partial charge in [-0.3, -0.25) is 4.79 Å². The first-order valence-electron chi connectivity index (χ1n) is 10.2. The average molecular weight is 373 g/mol. The fraction of sp³-hybridized carbons (Fsp3) is 0.545. The molecule has 0 spiro atoms. The highest BCUT2D eigenvalue weighted by atomic mass is 16.5. The summed E-state index contributed by atoms with van der Waals surface area (Å²) in [5.41, 5.74) is -0.235. The van der Waals surface area contributed by atoms with Gasteiger partial charge in [-0.2, -0.15) is 0 Å². The van der Waals surface area contributed by atoms with Gasteiger partial charge in [-0.1, -0.05) is 76.8 Å². The Balaban J connectivity index is 1.77. The molecule has 27 heavy (non-hydrogen) atoms. The summed E-state index contributed by atoms with van der Waals surface area (Å²) in [5.74, 6) is -1.21. The molecule has 2 aromatic rings. The van der Waals surface area contributed by atoms with Crippen LogP contribution in [0.4, 0.5) is 0 Å². The van der Waals surface area contributed by atoms with Crippen molar-refractivity contribution in [2.24, 2.45) is 0 Å². The van der Waals surface area contributed by atoms with E-state index in [4.69, 9.17) is 4.74 Å². The molecule has 0 aliphatic rings.